The molecule has 2 aromatic heterocycles. The highest BCUT2D eigenvalue weighted by molar-refractivity contribution is 5.94. The van der Waals surface area contributed by atoms with Crippen LogP contribution in [0.1, 0.15) is 27.3 Å². The maximum atomic E-state index is 12.9. The van der Waals surface area contributed by atoms with Gasteiger partial charge in [-0.1, -0.05) is 30.3 Å². The molecule has 0 bridgehead atoms. The molecule has 1 amide bonds. The summed E-state index contributed by atoms with van der Waals surface area (Å²) in [4.78, 5) is 19.1. The van der Waals surface area contributed by atoms with Crippen LogP contribution < -0.4 is 5.73 Å². The fraction of sp³-hybridized carbons (Fsp3) is 0.286. The number of hydrogen-bond acceptors (Lipinski definition) is 4. The number of aryl methyl sites for hydroxylation is 2. The molecule has 0 unspecified atom stereocenters. The van der Waals surface area contributed by atoms with Gasteiger partial charge in [0.15, 0.2) is 5.82 Å². The third-order valence-corrected chi connectivity index (χ3v) is 4.42. The summed E-state index contributed by atoms with van der Waals surface area (Å²) >= 11 is 0. The predicted molar refractivity (Wildman–Crippen MR) is 106 cm³/mol. The number of aromatic nitrogens is 3. The molecule has 2 heterocycles. The highest BCUT2D eigenvalue weighted by Gasteiger charge is 2.16. The number of pyridine rings is 1. The van der Waals surface area contributed by atoms with Gasteiger partial charge in [0, 0.05) is 31.5 Å². The molecule has 3 aromatic rings. The average Bonchev–Trinajstić information content (AvgIpc) is 3.03. The number of hydrogen-bond donors (Lipinski definition) is 1. The van der Waals surface area contributed by atoms with E-state index >= 15 is 0 Å². The van der Waals surface area contributed by atoms with Gasteiger partial charge in [-0.25, -0.2) is 9.67 Å². The van der Waals surface area contributed by atoms with Gasteiger partial charge in [0.2, 0.25) is 0 Å². The number of nitrogens with zero attached hydrogens (tertiary/aromatic N) is 4. The molecule has 0 spiro atoms. The van der Waals surface area contributed by atoms with E-state index in [4.69, 9.17) is 5.73 Å². The smallest absolute Gasteiger partial charge is 0.255 e. The monoisotopic (exact) mass is 363 g/mol. The van der Waals surface area contributed by atoms with Crippen LogP contribution in [0.2, 0.25) is 0 Å². The molecular formula is C21H25N5O. The van der Waals surface area contributed by atoms with Gasteiger partial charge in [-0.05, 0) is 44.0 Å². The van der Waals surface area contributed by atoms with Crippen LogP contribution >= 0.6 is 0 Å². The first-order chi connectivity index (χ1) is 13.1. The van der Waals surface area contributed by atoms with E-state index in [1.807, 2.05) is 44.2 Å². The molecule has 140 valence electrons. The van der Waals surface area contributed by atoms with E-state index in [-0.39, 0.29) is 5.91 Å². The Labute approximate surface area is 159 Å². The van der Waals surface area contributed by atoms with E-state index in [1.165, 1.54) is 5.56 Å². The van der Waals surface area contributed by atoms with Crippen molar-refractivity contribution < 1.29 is 4.79 Å². The molecule has 1 aromatic carbocycles. The predicted octanol–water partition coefficient (Wildman–Crippen LogP) is 2.53. The minimum atomic E-state index is -0.0520. The van der Waals surface area contributed by atoms with Crippen LogP contribution in [0.4, 0.5) is 0 Å². The molecule has 0 aliphatic rings. The van der Waals surface area contributed by atoms with Crippen LogP contribution in [0.15, 0.2) is 54.7 Å². The van der Waals surface area contributed by atoms with Gasteiger partial charge in [-0.3, -0.25) is 4.79 Å². The third-order valence-electron chi connectivity index (χ3n) is 4.42. The molecule has 6 nitrogen and oxygen atoms in total. The van der Waals surface area contributed by atoms with Crippen LogP contribution in [-0.4, -0.2) is 45.2 Å². The Kier molecular flexibility index (Phi) is 5.98. The lowest BCUT2D eigenvalue weighted by atomic mass is 10.1. The van der Waals surface area contributed by atoms with E-state index < -0.39 is 0 Å². The highest BCUT2D eigenvalue weighted by Crippen LogP contribution is 2.12. The van der Waals surface area contributed by atoms with Gasteiger partial charge in [0.1, 0.15) is 0 Å². The van der Waals surface area contributed by atoms with Crippen LogP contribution in [0.5, 0.6) is 0 Å². The van der Waals surface area contributed by atoms with Crippen molar-refractivity contribution in [3.8, 4) is 5.82 Å². The topological polar surface area (TPSA) is 77.0 Å². The van der Waals surface area contributed by atoms with Crippen LogP contribution in [0, 0.1) is 13.8 Å². The fourth-order valence-corrected chi connectivity index (χ4v) is 3.06. The van der Waals surface area contributed by atoms with E-state index in [9.17, 15) is 4.79 Å². The summed E-state index contributed by atoms with van der Waals surface area (Å²) in [6.07, 6.45) is 2.41. The van der Waals surface area contributed by atoms with Crippen molar-refractivity contribution in [2.24, 2.45) is 5.73 Å². The van der Waals surface area contributed by atoms with Crippen LogP contribution in [0.3, 0.4) is 0 Å². The second-order valence-corrected chi connectivity index (χ2v) is 6.56. The molecule has 6 heteroatoms. The van der Waals surface area contributed by atoms with Gasteiger partial charge >= 0.3 is 0 Å². The first kappa shape index (κ1) is 18.8. The summed E-state index contributed by atoms with van der Waals surface area (Å²) < 4.78 is 1.77. The van der Waals surface area contributed by atoms with Gasteiger partial charge in [-0.15, -0.1) is 0 Å². The number of carbonyl (C=O) groups excluding carboxylic acids is 1. The second kappa shape index (κ2) is 8.60. The average molecular weight is 363 g/mol. The maximum Gasteiger partial charge on any atom is 0.255 e. The quantitative estimate of drug-likeness (QED) is 0.700. The Morgan fingerprint density at radius 2 is 1.89 bits per heavy atom. The molecule has 27 heavy (non-hydrogen) atoms. The Bertz CT molecular complexity index is 887. The van der Waals surface area contributed by atoms with Crippen molar-refractivity contribution in [3.05, 3.63) is 77.2 Å². The summed E-state index contributed by atoms with van der Waals surface area (Å²) in [5.74, 6) is 0.649. The third kappa shape index (κ3) is 4.60. The SMILES string of the molecule is Cc1cc(C)n(-c2ccc(C(=O)N(CCN)CCc3ccccc3)cn2)n1. The zero-order chi connectivity index (χ0) is 19.2. The number of benzene rings is 1. The van der Waals surface area contributed by atoms with E-state index in [2.05, 4.69) is 22.2 Å². The van der Waals surface area contributed by atoms with Crippen LogP contribution in [-0.2, 0) is 6.42 Å². The van der Waals surface area contributed by atoms with E-state index in [0.29, 0.717) is 31.0 Å². The van der Waals surface area contributed by atoms with Gasteiger partial charge in [0.25, 0.3) is 5.91 Å². The molecule has 0 atom stereocenters. The summed E-state index contributed by atoms with van der Waals surface area (Å²) in [6.45, 7) is 5.49. The van der Waals surface area contributed by atoms with Gasteiger partial charge in [0.05, 0.1) is 11.3 Å². The number of nitrogens with two attached hydrogens (primary N) is 1. The molecule has 0 radical (unpaired) electrons. The molecule has 0 fully saturated rings. The van der Waals surface area contributed by atoms with Crippen molar-refractivity contribution in [2.75, 3.05) is 19.6 Å². The van der Waals surface area contributed by atoms with Gasteiger partial charge in [-0.2, -0.15) is 5.10 Å². The van der Waals surface area contributed by atoms with E-state index in [1.54, 1.807) is 21.8 Å². The number of carbonyl (C=O) groups is 1. The molecule has 0 aliphatic heterocycles. The van der Waals surface area contributed by atoms with Crippen LogP contribution in [0.25, 0.3) is 5.82 Å². The zero-order valence-corrected chi connectivity index (χ0v) is 15.8. The van der Waals surface area contributed by atoms with Crippen molar-refractivity contribution in [2.45, 2.75) is 20.3 Å². The minimum absolute atomic E-state index is 0.0520. The zero-order valence-electron chi connectivity index (χ0n) is 15.8. The van der Waals surface area contributed by atoms with Crippen molar-refractivity contribution in [1.82, 2.24) is 19.7 Å². The Hall–Kier alpha value is -2.99. The normalized spacial score (nSPS) is 10.8. The first-order valence-corrected chi connectivity index (χ1v) is 9.11. The van der Waals surface area contributed by atoms with E-state index in [0.717, 1.165) is 17.8 Å². The fourth-order valence-electron chi connectivity index (χ4n) is 3.06. The highest BCUT2D eigenvalue weighted by atomic mass is 16.2. The first-order valence-electron chi connectivity index (χ1n) is 9.11. The number of rotatable bonds is 7. The van der Waals surface area contributed by atoms with Gasteiger partial charge < -0.3 is 10.6 Å². The lowest BCUT2D eigenvalue weighted by Crippen LogP contribution is -2.37. The summed E-state index contributed by atoms with van der Waals surface area (Å²) in [5, 5.41) is 4.42. The minimum Gasteiger partial charge on any atom is -0.337 e. The summed E-state index contributed by atoms with van der Waals surface area (Å²) in [5.41, 5.74) is 9.41. The Morgan fingerprint density at radius 3 is 2.48 bits per heavy atom. The Morgan fingerprint density at radius 1 is 1.11 bits per heavy atom. The standard InChI is InChI=1S/C21H25N5O/c1-16-14-17(2)26(24-16)20-9-8-19(15-23-20)21(27)25(13-11-22)12-10-18-6-4-3-5-7-18/h3-9,14-15H,10-13,22H2,1-2H3. The summed E-state index contributed by atoms with van der Waals surface area (Å²) in [6, 6.07) is 15.7. The molecular weight excluding hydrogens is 338 g/mol. The largest absolute Gasteiger partial charge is 0.337 e. The lowest BCUT2D eigenvalue weighted by Gasteiger charge is -2.22. The Balaban J connectivity index is 1.72. The molecule has 2 N–H and O–H groups in total. The molecule has 0 aliphatic carbocycles. The van der Waals surface area contributed by atoms with Crippen molar-refractivity contribution in [1.29, 1.82) is 0 Å². The number of amides is 1. The summed E-state index contributed by atoms with van der Waals surface area (Å²) in [7, 11) is 0. The van der Waals surface area contributed by atoms with Crippen molar-refractivity contribution in [3.63, 3.8) is 0 Å². The lowest BCUT2D eigenvalue weighted by molar-refractivity contribution is 0.0761. The molecule has 3 rings (SSSR count). The maximum absolute atomic E-state index is 12.9. The second-order valence-electron chi connectivity index (χ2n) is 6.56. The molecule has 0 saturated heterocycles. The molecule has 0 saturated carbocycles. The van der Waals surface area contributed by atoms with Crippen molar-refractivity contribution >= 4 is 5.91 Å².